The highest BCUT2D eigenvalue weighted by atomic mass is 16.3. The maximum atomic E-state index is 10.4. The zero-order valence-corrected chi connectivity index (χ0v) is 6.32. The van der Waals surface area contributed by atoms with Crippen LogP contribution >= 0.6 is 0 Å². The molecule has 0 fully saturated rings. The fourth-order valence-corrected chi connectivity index (χ4v) is 0.896. The van der Waals surface area contributed by atoms with Crippen LogP contribution in [0.3, 0.4) is 0 Å². The third kappa shape index (κ3) is 1.39. The number of carbonyl (C=O) groups is 1. The average molecular weight is 154 g/mol. The topological polar surface area (TPSA) is 55.1 Å². The second-order valence-corrected chi connectivity index (χ2v) is 2.26. The monoisotopic (exact) mass is 154 g/mol. The SMILES string of the molecule is CCCn1ncc(O)c1C=O. The first kappa shape index (κ1) is 7.78. The van der Waals surface area contributed by atoms with Crippen molar-refractivity contribution in [3.8, 4) is 5.75 Å². The van der Waals surface area contributed by atoms with Crippen LogP contribution in [0.25, 0.3) is 0 Å². The molecule has 0 unspecified atom stereocenters. The summed E-state index contributed by atoms with van der Waals surface area (Å²) in [5, 5.41) is 12.9. The fourth-order valence-electron chi connectivity index (χ4n) is 0.896. The molecule has 0 aliphatic rings. The van der Waals surface area contributed by atoms with Crippen LogP contribution in [0.1, 0.15) is 23.8 Å². The number of aryl methyl sites for hydroxylation is 1. The Morgan fingerprint density at radius 3 is 3.09 bits per heavy atom. The quantitative estimate of drug-likeness (QED) is 0.655. The van der Waals surface area contributed by atoms with Crippen molar-refractivity contribution in [2.75, 3.05) is 0 Å². The van der Waals surface area contributed by atoms with E-state index in [1.807, 2.05) is 6.92 Å². The van der Waals surface area contributed by atoms with Gasteiger partial charge in [0.05, 0.1) is 6.20 Å². The van der Waals surface area contributed by atoms with Gasteiger partial charge in [0.15, 0.2) is 12.0 Å². The summed E-state index contributed by atoms with van der Waals surface area (Å²) in [6.45, 7) is 2.64. The smallest absolute Gasteiger partial charge is 0.171 e. The molecule has 0 saturated carbocycles. The predicted octanol–water partition coefficient (Wildman–Crippen LogP) is 0.811. The molecule has 4 nitrogen and oxygen atoms in total. The summed E-state index contributed by atoms with van der Waals surface area (Å²) < 4.78 is 1.49. The summed E-state index contributed by atoms with van der Waals surface area (Å²) in [6.07, 6.45) is 2.78. The summed E-state index contributed by atoms with van der Waals surface area (Å²) >= 11 is 0. The Balaban J connectivity index is 2.95. The van der Waals surface area contributed by atoms with Crippen molar-refractivity contribution in [2.24, 2.45) is 0 Å². The summed E-state index contributed by atoms with van der Waals surface area (Å²) in [5.74, 6) is -0.0477. The summed E-state index contributed by atoms with van der Waals surface area (Å²) in [7, 11) is 0. The van der Waals surface area contributed by atoms with Crippen molar-refractivity contribution in [3.63, 3.8) is 0 Å². The number of hydrogen-bond acceptors (Lipinski definition) is 3. The van der Waals surface area contributed by atoms with Gasteiger partial charge in [-0.25, -0.2) is 0 Å². The van der Waals surface area contributed by atoms with Crippen molar-refractivity contribution < 1.29 is 9.90 Å². The highest BCUT2D eigenvalue weighted by Crippen LogP contribution is 2.12. The molecule has 1 N–H and O–H groups in total. The molecule has 4 heteroatoms. The van der Waals surface area contributed by atoms with Gasteiger partial charge in [0.1, 0.15) is 5.69 Å². The third-order valence-electron chi connectivity index (χ3n) is 1.41. The molecule has 0 bridgehead atoms. The minimum absolute atomic E-state index is 0.0477. The number of hydrogen-bond donors (Lipinski definition) is 1. The minimum atomic E-state index is -0.0477. The lowest BCUT2D eigenvalue weighted by atomic mass is 10.4. The number of carbonyl (C=O) groups excluding carboxylic acids is 1. The lowest BCUT2D eigenvalue weighted by Gasteiger charge is -1.98. The largest absolute Gasteiger partial charge is 0.504 e. The fraction of sp³-hybridized carbons (Fsp3) is 0.429. The van der Waals surface area contributed by atoms with E-state index < -0.39 is 0 Å². The van der Waals surface area contributed by atoms with E-state index in [4.69, 9.17) is 5.11 Å². The second-order valence-electron chi connectivity index (χ2n) is 2.26. The predicted molar refractivity (Wildman–Crippen MR) is 39.6 cm³/mol. The summed E-state index contributed by atoms with van der Waals surface area (Å²) in [6, 6.07) is 0. The van der Waals surface area contributed by atoms with Crippen LogP contribution in [0.2, 0.25) is 0 Å². The zero-order chi connectivity index (χ0) is 8.27. The van der Waals surface area contributed by atoms with E-state index in [9.17, 15) is 4.79 Å². The Bertz CT molecular complexity index is 255. The van der Waals surface area contributed by atoms with E-state index in [0.717, 1.165) is 6.42 Å². The first-order valence-electron chi connectivity index (χ1n) is 3.49. The normalized spacial score (nSPS) is 9.91. The van der Waals surface area contributed by atoms with Crippen LogP contribution in [0, 0.1) is 0 Å². The average Bonchev–Trinajstić information content (AvgIpc) is 2.33. The summed E-state index contributed by atoms with van der Waals surface area (Å²) in [4.78, 5) is 10.4. The first-order valence-corrected chi connectivity index (χ1v) is 3.49. The molecule has 0 saturated heterocycles. The molecule has 0 radical (unpaired) electrons. The molecule has 60 valence electrons. The maximum absolute atomic E-state index is 10.4. The number of aldehydes is 1. The highest BCUT2D eigenvalue weighted by molar-refractivity contribution is 5.76. The van der Waals surface area contributed by atoms with Gasteiger partial charge in [0.25, 0.3) is 0 Å². The lowest BCUT2D eigenvalue weighted by molar-refractivity contribution is 0.111. The molecule has 0 aliphatic heterocycles. The van der Waals surface area contributed by atoms with E-state index in [1.54, 1.807) is 0 Å². The van der Waals surface area contributed by atoms with Gasteiger partial charge in [0.2, 0.25) is 0 Å². The molecule has 0 spiro atoms. The van der Waals surface area contributed by atoms with E-state index in [2.05, 4.69) is 5.10 Å². The van der Waals surface area contributed by atoms with Crippen molar-refractivity contribution in [1.29, 1.82) is 0 Å². The Labute approximate surface area is 64.5 Å². The van der Waals surface area contributed by atoms with Crippen molar-refractivity contribution in [3.05, 3.63) is 11.9 Å². The standard InChI is InChI=1S/C7H10N2O2/c1-2-3-9-6(5-10)7(11)4-8-9/h4-5,11H,2-3H2,1H3. The van der Waals surface area contributed by atoms with E-state index in [1.165, 1.54) is 10.9 Å². The van der Waals surface area contributed by atoms with E-state index >= 15 is 0 Å². The van der Waals surface area contributed by atoms with Crippen LogP contribution in [0.15, 0.2) is 6.20 Å². The van der Waals surface area contributed by atoms with Crippen molar-refractivity contribution in [2.45, 2.75) is 19.9 Å². The molecule has 1 rings (SSSR count). The van der Waals surface area contributed by atoms with Crippen LogP contribution in [-0.2, 0) is 6.54 Å². The number of rotatable bonds is 3. The van der Waals surface area contributed by atoms with Crippen LogP contribution in [0.4, 0.5) is 0 Å². The van der Waals surface area contributed by atoms with Gasteiger partial charge in [-0.15, -0.1) is 0 Å². The molecule has 1 aromatic rings. The Morgan fingerprint density at radius 2 is 2.55 bits per heavy atom. The van der Waals surface area contributed by atoms with Crippen LogP contribution in [-0.4, -0.2) is 21.2 Å². The number of nitrogens with zero attached hydrogens (tertiary/aromatic N) is 2. The molecule has 0 atom stereocenters. The molecule has 0 aromatic carbocycles. The van der Waals surface area contributed by atoms with Gasteiger partial charge in [-0.2, -0.15) is 5.10 Å². The molecule has 0 aliphatic carbocycles. The van der Waals surface area contributed by atoms with Gasteiger partial charge < -0.3 is 5.11 Å². The second kappa shape index (κ2) is 3.18. The summed E-state index contributed by atoms with van der Waals surface area (Å²) in [5.41, 5.74) is 0.256. The molecular weight excluding hydrogens is 144 g/mol. The van der Waals surface area contributed by atoms with Crippen molar-refractivity contribution >= 4 is 6.29 Å². The van der Waals surface area contributed by atoms with E-state index in [0.29, 0.717) is 12.8 Å². The zero-order valence-electron chi connectivity index (χ0n) is 6.32. The lowest BCUT2D eigenvalue weighted by Crippen LogP contribution is -2.02. The molecule has 1 heterocycles. The highest BCUT2D eigenvalue weighted by Gasteiger charge is 2.06. The number of aromatic nitrogens is 2. The molecular formula is C7H10N2O2. The van der Waals surface area contributed by atoms with Gasteiger partial charge in [-0.1, -0.05) is 6.92 Å². The third-order valence-corrected chi connectivity index (χ3v) is 1.41. The Hall–Kier alpha value is -1.32. The van der Waals surface area contributed by atoms with Gasteiger partial charge in [-0.3, -0.25) is 9.48 Å². The van der Waals surface area contributed by atoms with Crippen molar-refractivity contribution in [1.82, 2.24) is 9.78 Å². The van der Waals surface area contributed by atoms with Gasteiger partial charge in [-0.05, 0) is 6.42 Å². The van der Waals surface area contributed by atoms with Gasteiger partial charge >= 0.3 is 0 Å². The Kier molecular flexibility index (Phi) is 2.25. The molecule has 1 aromatic heterocycles. The number of aromatic hydroxyl groups is 1. The van der Waals surface area contributed by atoms with Crippen LogP contribution < -0.4 is 0 Å². The minimum Gasteiger partial charge on any atom is -0.504 e. The molecule has 11 heavy (non-hydrogen) atoms. The molecule has 0 amide bonds. The first-order chi connectivity index (χ1) is 5.29. The Morgan fingerprint density at radius 1 is 1.82 bits per heavy atom. The maximum Gasteiger partial charge on any atom is 0.171 e. The van der Waals surface area contributed by atoms with Crippen LogP contribution in [0.5, 0.6) is 5.75 Å². The van der Waals surface area contributed by atoms with E-state index in [-0.39, 0.29) is 11.4 Å². The van der Waals surface area contributed by atoms with Gasteiger partial charge in [0, 0.05) is 6.54 Å².